The first kappa shape index (κ1) is 23.7. The minimum atomic E-state index is -0.378. The van der Waals surface area contributed by atoms with Crippen molar-refractivity contribution in [3.05, 3.63) is 82.3 Å². The standard InChI is InChI=1S/C25H28N4O4/c1-4-5-13-33-21-11-9-19(15-22(21)32-3)24-27-25(31)20(28-29-24)10-12-23(30)26-16-18-8-6-7-17(2)14-18/h4,6-9,11,14-15H,1,5,10,12-13,16H2,2-3H3,(H,26,30)(H,27,29,31). The van der Waals surface area contributed by atoms with Crippen molar-refractivity contribution in [3.8, 4) is 22.9 Å². The number of H-pyrrole nitrogens is 1. The molecule has 1 amide bonds. The fourth-order valence-corrected chi connectivity index (χ4v) is 3.18. The fraction of sp³-hybridized carbons (Fsp3) is 0.280. The Balaban J connectivity index is 1.60. The van der Waals surface area contributed by atoms with Crippen LogP contribution in [0, 0.1) is 6.92 Å². The van der Waals surface area contributed by atoms with Gasteiger partial charge in [0.2, 0.25) is 5.91 Å². The minimum absolute atomic E-state index is 0.146. The van der Waals surface area contributed by atoms with Gasteiger partial charge in [0, 0.05) is 24.9 Å². The SMILES string of the molecule is C=CCCOc1ccc(-c2nnc(CCC(=O)NCc3cccc(C)c3)c(=O)[nH]2)cc1OC. The molecule has 2 aromatic carbocycles. The zero-order valence-electron chi connectivity index (χ0n) is 18.9. The molecule has 0 bridgehead atoms. The lowest BCUT2D eigenvalue weighted by atomic mass is 10.1. The first-order valence-electron chi connectivity index (χ1n) is 10.7. The van der Waals surface area contributed by atoms with Crippen LogP contribution in [-0.2, 0) is 17.8 Å². The minimum Gasteiger partial charge on any atom is -0.493 e. The van der Waals surface area contributed by atoms with E-state index >= 15 is 0 Å². The highest BCUT2D eigenvalue weighted by atomic mass is 16.5. The molecule has 33 heavy (non-hydrogen) atoms. The van der Waals surface area contributed by atoms with E-state index in [2.05, 4.69) is 27.1 Å². The molecule has 0 unspecified atom stereocenters. The highest BCUT2D eigenvalue weighted by Crippen LogP contribution is 2.31. The van der Waals surface area contributed by atoms with Gasteiger partial charge < -0.3 is 19.8 Å². The first-order valence-corrected chi connectivity index (χ1v) is 10.7. The zero-order chi connectivity index (χ0) is 23.6. The summed E-state index contributed by atoms with van der Waals surface area (Å²) in [7, 11) is 1.54. The Morgan fingerprint density at radius 1 is 1.18 bits per heavy atom. The van der Waals surface area contributed by atoms with Crippen LogP contribution in [-0.4, -0.2) is 34.8 Å². The average molecular weight is 449 g/mol. The predicted octanol–water partition coefficient (Wildman–Crippen LogP) is 3.35. The molecule has 2 N–H and O–H groups in total. The number of hydrogen-bond acceptors (Lipinski definition) is 6. The number of nitrogens with zero attached hydrogens (tertiary/aromatic N) is 2. The molecule has 3 rings (SSSR count). The quantitative estimate of drug-likeness (QED) is 0.344. The molecule has 3 aromatic rings. The van der Waals surface area contributed by atoms with Crippen LogP contribution >= 0.6 is 0 Å². The number of benzene rings is 2. The summed E-state index contributed by atoms with van der Waals surface area (Å²) in [5, 5.41) is 11.0. The second kappa shape index (κ2) is 11.6. The van der Waals surface area contributed by atoms with Gasteiger partial charge in [0.1, 0.15) is 5.69 Å². The number of amides is 1. The van der Waals surface area contributed by atoms with E-state index < -0.39 is 0 Å². The van der Waals surface area contributed by atoms with Gasteiger partial charge in [-0.2, -0.15) is 0 Å². The third kappa shape index (κ3) is 6.77. The van der Waals surface area contributed by atoms with Crippen molar-refractivity contribution < 1.29 is 14.3 Å². The molecule has 8 nitrogen and oxygen atoms in total. The summed E-state index contributed by atoms with van der Waals surface area (Å²) in [5.74, 6) is 1.27. The van der Waals surface area contributed by atoms with Crippen molar-refractivity contribution in [1.82, 2.24) is 20.5 Å². The van der Waals surface area contributed by atoms with Crippen molar-refractivity contribution in [2.75, 3.05) is 13.7 Å². The Hall–Kier alpha value is -3.94. The molecule has 0 aliphatic carbocycles. The van der Waals surface area contributed by atoms with Crippen LogP contribution in [0.5, 0.6) is 11.5 Å². The number of carbonyl (C=O) groups is 1. The Labute approximate surface area is 192 Å². The molecule has 0 aliphatic heterocycles. The maximum atomic E-state index is 12.5. The summed E-state index contributed by atoms with van der Waals surface area (Å²) in [4.78, 5) is 27.4. The number of carbonyl (C=O) groups excluding carboxylic acids is 1. The van der Waals surface area contributed by atoms with E-state index in [0.29, 0.717) is 36.0 Å². The van der Waals surface area contributed by atoms with Crippen molar-refractivity contribution >= 4 is 5.91 Å². The van der Waals surface area contributed by atoms with Crippen molar-refractivity contribution in [2.24, 2.45) is 0 Å². The number of aromatic amines is 1. The molecule has 1 heterocycles. The molecule has 172 valence electrons. The number of nitrogens with one attached hydrogen (secondary N) is 2. The van der Waals surface area contributed by atoms with E-state index in [0.717, 1.165) is 17.5 Å². The van der Waals surface area contributed by atoms with E-state index in [1.165, 1.54) is 0 Å². The number of methoxy groups -OCH3 is 1. The van der Waals surface area contributed by atoms with Gasteiger partial charge in [-0.1, -0.05) is 35.9 Å². The van der Waals surface area contributed by atoms with Crippen LogP contribution in [0.2, 0.25) is 0 Å². The lowest BCUT2D eigenvalue weighted by Gasteiger charge is -2.11. The molecule has 0 saturated carbocycles. The lowest BCUT2D eigenvalue weighted by Crippen LogP contribution is -2.25. The summed E-state index contributed by atoms with van der Waals surface area (Å²) in [6, 6.07) is 13.2. The Morgan fingerprint density at radius 3 is 2.76 bits per heavy atom. The van der Waals surface area contributed by atoms with Gasteiger partial charge in [-0.25, -0.2) is 0 Å². The summed E-state index contributed by atoms with van der Waals surface area (Å²) in [6.07, 6.45) is 2.83. The number of aryl methyl sites for hydroxylation is 2. The summed E-state index contributed by atoms with van der Waals surface area (Å²) >= 11 is 0. The fourth-order valence-electron chi connectivity index (χ4n) is 3.18. The number of aromatic nitrogens is 3. The Bertz CT molecular complexity index is 1170. The van der Waals surface area contributed by atoms with Crippen molar-refractivity contribution in [3.63, 3.8) is 0 Å². The zero-order valence-corrected chi connectivity index (χ0v) is 18.9. The monoisotopic (exact) mass is 448 g/mol. The molecule has 0 atom stereocenters. The molecule has 0 aliphatic rings. The van der Waals surface area contributed by atoms with E-state index in [9.17, 15) is 9.59 Å². The normalized spacial score (nSPS) is 10.5. The number of rotatable bonds is 11. The molecule has 0 radical (unpaired) electrons. The van der Waals surface area contributed by atoms with Crippen LogP contribution in [0.3, 0.4) is 0 Å². The van der Waals surface area contributed by atoms with E-state index in [1.54, 1.807) is 31.4 Å². The molecule has 0 fully saturated rings. The molecule has 8 heteroatoms. The topological polar surface area (TPSA) is 106 Å². The summed E-state index contributed by atoms with van der Waals surface area (Å²) < 4.78 is 11.1. The highest BCUT2D eigenvalue weighted by Gasteiger charge is 2.12. The number of hydrogen-bond donors (Lipinski definition) is 2. The van der Waals surface area contributed by atoms with E-state index in [1.807, 2.05) is 31.2 Å². The van der Waals surface area contributed by atoms with Gasteiger partial charge in [-0.15, -0.1) is 16.8 Å². The largest absolute Gasteiger partial charge is 0.493 e. The molecular weight excluding hydrogens is 420 g/mol. The van der Waals surface area contributed by atoms with Crippen LogP contribution in [0.1, 0.15) is 29.7 Å². The van der Waals surface area contributed by atoms with E-state index in [4.69, 9.17) is 9.47 Å². The first-order chi connectivity index (χ1) is 16.0. The van der Waals surface area contributed by atoms with Crippen LogP contribution in [0.4, 0.5) is 0 Å². The Kier molecular flexibility index (Phi) is 8.35. The lowest BCUT2D eigenvalue weighted by molar-refractivity contribution is -0.121. The Morgan fingerprint density at radius 2 is 2.03 bits per heavy atom. The second-order valence-corrected chi connectivity index (χ2v) is 7.51. The molecular formula is C25H28N4O4. The third-order valence-corrected chi connectivity index (χ3v) is 4.94. The average Bonchev–Trinajstić information content (AvgIpc) is 2.82. The summed E-state index contributed by atoms with van der Waals surface area (Å²) in [6.45, 7) is 6.60. The van der Waals surface area contributed by atoms with Gasteiger partial charge in [-0.3, -0.25) is 9.59 Å². The van der Waals surface area contributed by atoms with Gasteiger partial charge >= 0.3 is 0 Å². The second-order valence-electron chi connectivity index (χ2n) is 7.51. The van der Waals surface area contributed by atoms with Crippen LogP contribution in [0.25, 0.3) is 11.4 Å². The summed E-state index contributed by atoms with van der Waals surface area (Å²) in [5.41, 5.74) is 2.63. The van der Waals surface area contributed by atoms with Crippen LogP contribution < -0.4 is 20.3 Å². The molecule has 1 aromatic heterocycles. The van der Waals surface area contributed by atoms with E-state index in [-0.39, 0.29) is 30.0 Å². The van der Waals surface area contributed by atoms with Crippen molar-refractivity contribution in [1.29, 1.82) is 0 Å². The van der Waals surface area contributed by atoms with Crippen molar-refractivity contribution in [2.45, 2.75) is 32.7 Å². The van der Waals surface area contributed by atoms with Gasteiger partial charge in [0.15, 0.2) is 17.3 Å². The van der Waals surface area contributed by atoms with Gasteiger partial charge in [0.25, 0.3) is 5.56 Å². The van der Waals surface area contributed by atoms with Crippen LogP contribution in [0.15, 0.2) is 59.9 Å². The highest BCUT2D eigenvalue weighted by molar-refractivity contribution is 5.76. The maximum absolute atomic E-state index is 12.5. The number of ether oxygens (including phenoxy) is 2. The molecule has 0 saturated heterocycles. The molecule has 0 spiro atoms. The van der Waals surface area contributed by atoms with Gasteiger partial charge in [0.05, 0.1) is 13.7 Å². The third-order valence-electron chi connectivity index (χ3n) is 4.94. The van der Waals surface area contributed by atoms with Gasteiger partial charge in [-0.05, 0) is 37.1 Å². The smallest absolute Gasteiger partial charge is 0.273 e. The maximum Gasteiger partial charge on any atom is 0.273 e. The predicted molar refractivity (Wildman–Crippen MR) is 126 cm³/mol.